The Bertz CT molecular complexity index is 658. The van der Waals surface area contributed by atoms with Crippen molar-refractivity contribution in [3.63, 3.8) is 0 Å². The number of hydrogen-bond acceptors (Lipinski definition) is 2. The van der Waals surface area contributed by atoms with Gasteiger partial charge in [0.05, 0.1) is 0 Å². The van der Waals surface area contributed by atoms with Gasteiger partial charge < -0.3 is 5.32 Å². The summed E-state index contributed by atoms with van der Waals surface area (Å²) in [5, 5.41) is 7.38. The molecule has 0 unspecified atom stereocenters. The Kier molecular flexibility index (Phi) is 3.86. The standard InChI is InChI=1S/C17H19N3O/c1-13(11-14-5-3-2-4-6-14)17(21)19-15-8-10-20-16(12-15)7-9-18-20/h2-7,9,11,15H,8,10,12H2,1H3,(H,19,21)/b13-11+/t15-/m1/s1. The summed E-state index contributed by atoms with van der Waals surface area (Å²) in [6, 6.07) is 12.1. The van der Waals surface area contributed by atoms with Crippen LogP contribution < -0.4 is 5.32 Å². The average molecular weight is 281 g/mol. The van der Waals surface area contributed by atoms with Gasteiger partial charge in [0, 0.05) is 36.5 Å². The number of aromatic nitrogens is 2. The van der Waals surface area contributed by atoms with Gasteiger partial charge in [-0.05, 0) is 31.1 Å². The summed E-state index contributed by atoms with van der Waals surface area (Å²) >= 11 is 0. The molecule has 0 saturated carbocycles. The molecule has 1 aromatic carbocycles. The Morgan fingerprint density at radius 3 is 2.95 bits per heavy atom. The van der Waals surface area contributed by atoms with E-state index in [1.807, 2.05) is 60.3 Å². The molecule has 1 aliphatic rings. The zero-order chi connectivity index (χ0) is 14.7. The van der Waals surface area contributed by atoms with E-state index in [2.05, 4.69) is 10.4 Å². The van der Waals surface area contributed by atoms with Crippen LogP contribution in [0, 0.1) is 0 Å². The van der Waals surface area contributed by atoms with Crippen molar-refractivity contribution in [3.05, 3.63) is 59.4 Å². The summed E-state index contributed by atoms with van der Waals surface area (Å²) in [5.74, 6) is 0.0109. The Labute approximate surface area is 124 Å². The topological polar surface area (TPSA) is 46.9 Å². The van der Waals surface area contributed by atoms with Crippen molar-refractivity contribution in [2.45, 2.75) is 32.4 Å². The molecule has 0 fully saturated rings. The zero-order valence-electron chi connectivity index (χ0n) is 12.1. The van der Waals surface area contributed by atoms with Crippen LogP contribution in [0.3, 0.4) is 0 Å². The van der Waals surface area contributed by atoms with Gasteiger partial charge in [-0.25, -0.2) is 0 Å². The van der Waals surface area contributed by atoms with E-state index in [9.17, 15) is 4.79 Å². The molecule has 1 atom stereocenters. The van der Waals surface area contributed by atoms with Crippen molar-refractivity contribution >= 4 is 12.0 Å². The Morgan fingerprint density at radius 1 is 1.33 bits per heavy atom. The molecule has 1 N–H and O–H groups in total. The molecular formula is C17H19N3O. The number of carbonyl (C=O) groups is 1. The van der Waals surface area contributed by atoms with E-state index in [4.69, 9.17) is 0 Å². The minimum Gasteiger partial charge on any atom is -0.349 e. The van der Waals surface area contributed by atoms with E-state index in [0.29, 0.717) is 0 Å². The molecule has 2 aromatic rings. The minimum absolute atomic E-state index is 0.0109. The van der Waals surface area contributed by atoms with E-state index in [1.54, 1.807) is 0 Å². The first kappa shape index (κ1) is 13.6. The van der Waals surface area contributed by atoms with Gasteiger partial charge in [-0.3, -0.25) is 9.48 Å². The summed E-state index contributed by atoms with van der Waals surface area (Å²) in [4.78, 5) is 12.3. The van der Waals surface area contributed by atoms with Gasteiger partial charge in [-0.1, -0.05) is 30.3 Å². The lowest BCUT2D eigenvalue weighted by molar-refractivity contribution is -0.118. The molecule has 4 nitrogen and oxygen atoms in total. The maximum atomic E-state index is 12.3. The molecule has 21 heavy (non-hydrogen) atoms. The number of nitrogens with zero attached hydrogens (tertiary/aromatic N) is 2. The predicted molar refractivity (Wildman–Crippen MR) is 82.6 cm³/mol. The number of nitrogens with one attached hydrogen (secondary N) is 1. The van der Waals surface area contributed by atoms with Crippen LogP contribution in [0.25, 0.3) is 6.08 Å². The fourth-order valence-corrected chi connectivity index (χ4v) is 2.65. The molecule has 4 heteroatoms. The van der Waals surface area contributed by atoms with Gasteiger partial charge >= 0.3 is 0 Å². The van der Waals surface area contributed by atoms with Crippen molar-refractivity contribution in [2.24, 2.45) is 0 Å². The highest BCUT2D eigenvalue weighted by atomic mass is 16.1. The van der Waals surface area contributed by atoms with E-state index in [0.717, 1.165) is 30.5 Å². The second-order valence-corrected chi connectivity index (χ2v) is 5.45. The molecule has 2 heterocycles. The first-order chi connectivity index (χ1) is 10.2. The van der Waals surface area contributed by atoms with E-state index in [-0.39, 0.29) is 11.9 Å². The first-order valence-electron chi connectivity index (χ1n) is 7.27. The lowest BCUT2D eigenvalue weighted by atomic mass is 10.0. The van der Waals surface area contributed by atoms with Crippen molar-refractivity contribution in [1.82, 2.24) is 15.1 Å². The average Bonchev–Trinajstić information content (AvgIpc) is 2.95. The number of hydrogen-bond donors (Lipinski definition) is 1. The molecule has 1 amide bonds. The van der Waals surface area contributed by atoms with Crippen molar-refractivity contribution < 1.29 is 4.79 Å². The number of rotatable bonds is 3. The molecule has 3 rings (SSSR count). The summed E-state index contributed by atoms with van der Waals surface area (Å²) in [6.07, 6.45) is 5.52. The monoisotopic (exact) mass is 281 g/mol. The van der Waals surface area contributed by atoms with Crippen LogP contribution in [-0.2, 0) is 17.8 Å². The van der Waals surface area contributed by atoms with E-state index >= 15 is 0 Å². The van der Waals surface area contributed by atoms with Crippen LogP contribution in [0.15, 0.2) is 48.2 Å². The number of carbonyl (C=O) groups excluding carboxylic acids is 1. The molecule has 1 aliphatic heterocycles. The molecular weight excluding hydrogens is 262 g/mol. The summed E-state index contributed by atoms with van der Waals surface area (Å²) < 4.78 is 2.01. The van der Waals surface area contributed by atoms with Crippen LogP contribution in [0.2, 0.25) is 0 Å². The third-order valence-electron chi connectivity index (χ3n) is 3.83. The molecule has 0 spiro atoms. The Balaban J connectivity index is 1.63. The smallest absolute Gasteiger partial charge is 0.247 e. The molecule has 0 saturated heterocycles. The normalized spacial score (nSPS) is 18.1. The lowest BCUT2D eigenvalue weighted by Gasteiger charge is -2.24. The Morgan fingerprint density at radius 2 is 2.14 bits per heavy atom. The largest absolute Gasteiger partial charge is 0.349 e. The van der Waals surface area contributed by atoms with Gasteiger partial charge in [0.2, 0.25) is 5.91 Å². The second kappa shape index (κ2) is 5.95. The van der Waals surface area contributed by atoms with Gasteiger partial charge in [-0.15, -0.1) is 0 Å². The summed E-state index contributed by atoms with van der Waals surface area (Å²) in [5.41, 5.74) is 2.98. The van der Waals surface area contributed by atoms with Crippen LogP contribution >= 0.6 is 0 Å². The first-order valence-corrected chi connectivity index (χ1v) is 7.27. The third-order valence-corrected chi connectivity index (χ3v) is 3.83. The minimum atomic E-state index is 0.0109. The maximum Gasteiger partial charge on any atom is 0.247 e. The maximum absolute atomic E-state index is 12.3. The van der Waals surface area contributed by atoms with Crippen LogP contribution in [0.4, 0.5) is 0 Å². The zero-order valence-corrected chi connectivity index (χ0v) is 12.1. The fourth-order valence-electron chi connectivity index (χ4n) is 2.65. The number of fused-ring (bicyclic) bond motifs is 1. The van der Waals surface area contributed by atoms with Crippen molar-refractivity contribution in [3.8, 4) is 0 Å². The number of benzene rings is 1. The molecule has 0 aliphatic carbocycles. The molecule has 0 radical (unpaired) electrons. The fraction of sp³-hybridized carbons (Fsp3) is 0.294. The van der Waals surface area contributed by atoms with Crippen LogP contribution in [-0.4, -0.2) is 21.7 Å². The predicted octanol–water partition coefficient (Wildman–Crippen LogP) is 2.42. The highest BCUT2D eigenvalue weighted by molar-refractivity contribution is 5.97. The molecule has 108 valence electrons. The van der Waals surface area contributed by atoms with Gasteiger partial charge in [0.15, 0.2) is 0 Å². The number of aryl methyl sites for hydroxylation is 1. The summed E-state index contributed by atoms with van der Waals surface area (Å²) in [6.45, 7) is 2.73. The van der Waals surface area contributed by atoms with Crippen molar-refractivity contribution in [1.29, 1.82) is 0 Å². The SMILES string of the molecule is C/C(=C\c1ccccc1)C(=O)N[C@@H]1CCn2nccc2C1. The van der Waals surface area contributed by atoms with Crippen LogP contribution in [0.1, 0.15) is 24.6 Å². The molecule has 0 bridgehead atoms. The quantitative estimate of drug-likeness (QED) is 0.878. The van der Waals surface area contributed by atoms with E-state index in [1.165, 1.54) is 5.69 Å². The van der Waals surface area contributed by atoms with Crippen molar-refractivity contribution in [2.75, 3.05) is 0 Å². The van der Waals surface area contributed by atoms with Crippen LogP contribution in [0.5, 0.6) is 0 Å². The summed E-state index contributed by atoms with van der Waals surface area (Å²) in [7, 11) is 0. The second-order valence-electron chi connectivity index (χ2n) is 5.45. The van der Waals surface area contributed by atoms with E-state index < -0.39 is 0 Å². The Hall–Kier alpha value is -2.36. The molecule has 1 aromatic heterocycles. The van der Waals surface area contributed by atoms with Gasteiger partial charge in [-0.2, -0.15) is 5.10 Å². The van der Waals surface area contributed by atoms with Gasteiger partial charge in [0.1, 0.15) is 0 Å². The lowest BCUT2D eigenvalue weighted by Crippen LogP contribution is -2.40. The third kappa shape index (κ3) is 3.21. The highest BCUT2D eigenvalue weighted by Crippen LogP contribution is 2.14. The highest BCUT2D eigenvalue weighted by Gasteiger charge is 2.20. The van der Waals surface area contributed by atoms with Gasteiger partial charge in [0.25, 0.3) is 0 Å². The number of amides is 1.